The predicted molar refractivity (Wildman–Crippen MR) is 122 cm³/mol. The van der Waals surface area contributed by atoms with Gasteiger partial charge >= 0.3 is 6.18 Å². The van der Waals surface area contributed by atoms with E-state index in [1.807, 2.05) is 19.1 Å². The zero-order valence-electron chi connectivity index (χ0n) is 18.8. The molecule has 0 amide bonds. The number of anilines is 1. The van der Waals surface area contributed by atoms with Crippen LogP contribution in [0.2, 0.25) is 0 Å². The van der Waals surface area contributed by atoms with Crippen molar-refractivity contribution in [2.24, 2.45) is 16.1 Å². The van der Waals surface area contributed by atoms with Gasteiger partial charge in [-0.25, -0.2) is 0 Å². The van der Waals surface area contributed by atoms with Gasteiger partial charge in [-0.3, -0.25) is 0 Å². The molecule has 0 bridgehead atoms. The van der Waals surface area contributed by atoms with Gasteiger partial charge in [-0.15, -0.1) is 0 Å². The fourth-order valence-corrected chi connectivity index (χ4v) is 5.02. The Morgan fingerprint density at radius 2 is 1.78 bits per heavy atom. The van der Waals surface area contributed by atoms with Gasteiger partial charge in [-0.2, -0.15) is 23.4 Å². The van der Waals surface area contributed by atoms with Crippen molar-refractivity contribution in [2.75, 3.05) is 25.0 Å². The van der Waals surface area contributed by atoms with E-state index < -0.39 is 11.7 Å². The molecular weight excluding hydrogens is 413 g/mol. The van der Waals surface area contributed by atoms with Gasteiger partial charge in [0.2, 0.25) is 0 Å². The molecule has 7 heteroatoms. The van der Waals surface area contributed by atoms with E-state index in [1.54, 1.807) is 0 Å². The van der Waals surface area contributed by atoms with Gasteiger partial charge in [-0.1, -0.05) is 12.5 Å². The van der Waals surface area contributed by atoms with Crippen molar-refractivity contribution in [1.29, 1.82) is 0 Å². The van der Waals surface area contributed by atoms with Crippen LogP contribution in [0.25, 0.3) is 0 Å². The average molecular weight is 445 g/mol. The predicted octanol–water partition coefficient (Wildman–Crippen LogP) is 7.41. The molecule has 0 saturated carbocycles. The topological polar surface area (TPSA) is 40.0 Å². The third-order valence-electron chi connectivity index (χ3n) is 6.99. The number of benzene rings is 2. The largest absolute Gasteiger partial charge is 0.416 e. The molecule has 0 unspecified atom stereocenters. The summed E-state index contributed by atoms with van der Waals surface area (Å²) in [7, 11) is 0. The first-order chi connectivity index (χ1) is 15.3. The van der Waals surface area contributed by atoms with Gasteiger partial charge < -0.3 is 10.2 Å². The first-order valence-electron chi connectivity index (χ1n) is 11.5. The summed E-state index contributed by atoms with van der Waals surface area (Å²) < 4.78 is 38.7. The molecule has 0 aliphatic carbocycles. The minimum Gasteiger partial charge on any atom is -0.384 e. The van der Waals surface area contributed by atoms with E-state index in [0.717, 1.165) is 35.5 Å². The van der Waals surface area contributed by atoms with Gasteiger partial charge in [0.1, 0.15) is 0 Å². The van der Waals surface area contributed by atoms with E-state index in [2.05, 4.69) is 27.4 Å². The number of halogens is 3. The summed E-state index contributed by atoms with van der Waals surface area (Å²) in [5, 5.41) is 11.9. The number of azo groups is 1. The number of fused-ring (bicyclic) bond motifs is 1. The highest BCUT2D eigenvalue weighted by molar-refractivity contribution is 5.62. The van der Waals surface area contributed by atoms with E-state index in [-0.39, 0.29) is 5.69 Å². The molecule has 2 aliphatic heterocycles. The van der Waals surface area contributed by atoms with Crippen molar-refractivity contribution >= 4 is 17.1 Å². The lowest BCUT2D eigenvalue weighted by molar-refractivity contribution is -0.137. The summed E-state index contributed by atoms with van der Waals surface area (Å²) >= 11 is 0. The van der Waals surface area contributed by atoms with Crippen molar-refractivity contribution in [1.82, 2.24) is 4.90 Å². The lowest BCUT2D eigenvalue weighted by atomic mass is 9.83. The highest BCUT2D eigenvalue weighted by Crippen LogP contribution is 2.34. The highest BCUT2D eigenvalue weighted by atomic mass is 19.4. The highest BCUT2D eigenvalue weighted by Gasteiger charge is 2.33. The van der Waals surface area contributed by atoms with Gasteiger partial charge in [0.25, 0.3) is 0 Å². The average Bonchev–Trinajstić information content (AvgIpc) is 2.79. The van der Waals surface area contributed by atoms with Crippen LogP contribution < -0.4 is 5.32 Å². The molecule has 172 valence electrons. The van der Waals surface area contributed by atoms with Gasteiger partial charge in [-0.05, 0) is 100.0 Å². The Morgan fingerprint density at radius 3 is 2.59 bits per heavy atom. The van der Waals surface area contributed by atoms with Crippen molar-refractivity contribution in [3.63, 3.8) is 0 Å². The normalized spacial score (nSPS) is 22.2. The molecule has 0 aromatic heterocycles. The standard InChI is InChI=1S/C25H31F3N4/c1-17-18(2)23(31-30-21-9-5-8-20(15-21)25(26,27)28)12-11-22(17)29-16-19-7-6-14-32-13-4-3-10-24(19)32/h5,8-9,11-12,15,19,24,29H,3-4,6-7,10,13-14,16H2,1-2H3/t19-,24+/m1/s1. The molecular formula is C25H31F3N4. The third-order valence-corrected chi connectivity index (χ3v) is 6.99. The second-order valence-corrected chi connectivity index (χ2v) is 9.01. The molecule has 2 fully saturated rings. The molecule has 0 radical (unpaired) electrons. The number of hydrogen-bond acceptors (Lipinski definition) is 4. The van der Waals surface area contributed by atoms with Gasteiger partial charge in [0.05, 0.1) is 16.9 Å². The third kappa shape index (κ3) is 5.14. The van der Waals surface area contributed by atoms with Crippen LogP contribution in [0.5, 0.6) is 0 Å². The van der Waals surface area contributed by atoms with Crippen LogP contribution in [0.15, 0.2) is 46.6 Å². The minimum absolute atomic E-state index is 0.188. The summed E-state index contributed by atoms with van der Waals surface area (Å²) in [4.78, 5) is 2.68. The van der Waals surface area contributed by atoms with E-state index in [0.29, 0.717) is 17.6 Å². The molecule has 4 rings (SSSR count). The zero-order chi connectivity index (χ0) is 22.7. The molecule has 2 aliphatic rings. The number of alkyl halides is 3. The van der Waals surface area contributed by atoms with Crippen LogP contribution in [0.1, 0.15) is 48.8 Å². The molecule has 2 heterocycles. The Hall–Kier alpha value is -2.41. The van der Waals surface area contributed by atoms with Gasteiger partial charge in [0.15, 0.2) is 0 Å². The number of rotatable bonds is 5. The molecule has 4 nitrogen and oxygen atoms in total. The SMILES string of the molecule is Cc1c(N=Nc2cccc(C(F)(F)F)c2)ccc(NC[C@H]2CCCN3CCCC[C@@H]23)c1C. The summed E-state index contributed by atoms with van der Waals surface area (Å²) in [5.41, 5.74) is 3.31. The second-order valence-electron chi connectivity index (χ2n) is 9.01. The molecule has 0 spiro atoms. The van der Waals surface area contributed by atoms with Crippen LogP contribution in [-0.4, -0.2) is 30.6 Å². The number of piperidine rings is 2. The fraction of sp³-hybridized carbons (Fsp3) is 0.520. The first kappa shape index (κ1) is 22.8. The Labute approximate surface area is 187 Å². The monoisotopic (exact) mass is 444 g/mol. The maximum atomic E-state index is 12.9. The number of hydrogen-bond donors (Lipinski definition) is 1. The molecule has 1 N–H and O–H groups in total. The Kier molecular flexibility index (Phi) is 6.84. The lowest BCUT2D eigenvalue weighted by Gasteiger charge is -2.44. The Balaban J connectivity index is 1.44. The minimum atomic E-state index is -4.39. The lowest BCUT2D eigenvalue weighted by Crippen LogP contribution is -2.49. The maximum absolute atomic E-state index is 12.9. The molecule has 32 heavy (non-hydrogen) atoms. The van der Waals surface area contributed by atoms with Crippen molar-refractivity contribution in [2.45, 2.75) is 58.2 Å². The van der Waals surface area contributed by atoms with Crippen molar-refractivity contribution in [3.05, 3.63) is 53.1 Å². The Bertz CT molecular complexity index is 968. The van der Waals surface area contributed by atoms with E-state index in [4.69, 9.17) is 0 Å². The van der Waals surface area contributed by atoms with Crippen LogP contribution in [0, 0.1) is 19.8 Å². The summed E-state index contributed by atoms with van der Waals surface area (Å²) in [6.07, 6.45) is 2.12. The van der Waals surface area contributed by atoms with Crippen LogP contribution in [0.3, 0.4) is 0 Å². The fourth-order valence-electron chi connectivity index (χ4n) is 5.02. The second kappa shape index (κ2) is 9.61. The summed E-state index contributed by atoms with van der Waals surface area (Å²) in [6.45, 7) is 7.47. The van der Waals surface area contributed by atoms with E-state index >= 15 is 0 Å². The van der Waals surface area contributed by atoms with Crippen molar-refractivity contribution < 1.29 is 13.2 Å². The van der Waals surface area contributed by atoms with E-state index in [9.17, 15) is 13.2 Å². The van der Waals surface area contributed by atoms with E-state index in [1.165, 1.54) is 57.3 Å². The Morgan fingerprint density at radius 1 is 0.969 bits per heavy atom. The number of nitrogens with zero attached hydrogens (tertiary/aromatic N) is 3. The summed E-state index contributed by atoms with van der Waals surface area (Å²) in [5.74, 6) is 0.670. The molecule has 2 atom stereocenters. The molecule has 2 aromatic rings. The number of nitrogens with one attached hydrogen (secondary N) is 1. The van der Waals surface area contributed by atoms with Crippen LogP contribution >= 0.6 is 0 Å². The van der Waals surface area contributed by atoms with Crippen LogP contribution in [-0.2, 0) is 6.18 Å². The maximum Gasteiger partial charge on any atom is 0.416 e. The van der Waals surface area contributed by atoms with Crippen molar-refractivity contribution in [3.8, 4) is 0 Å². The summed E-state index contributed by atoms with van der Waals surface area (Å²) in [6, 6.07) is 9.51. The van der Waals surface area contributed by atoms with Gasteiger partial charge in [0, 0.05) is 18.3 Å². The van der Waals surface area contributed by atoms with Crippen LogP contribution in [0.4, 0.5) is 30.2 Å². The molecule has 2 aromatic carbocycles. The molecule has 2 saturated heterocycles. The smallest absolute Gasteiger partial charge is 0.384 e. The quantitative estimate of drug-likeness (QED) is 0.488. The zero-order valence-corrected chi connectivity index (χ0v) is 18.8. The first-order valence-corrected chi connectivity index (χ1v) is 11.5.